The zero-order valence-corrected chi connectivity index (χ0v) is 28.9. The highest BCUT2D eigenvalue weighted by atomic mass is 79.9. The molecular formula is C35H31BrCl2N6O3. The van der Waals surface area contributed by atoms with Crippen LogP contribution in [0, 0.1) is 11.3 Å². The lowest BCUT2D eigenvalue weighted by atomic mass is 10.1. The largest absolute Gasteiger partial charge is 0.439 e. The molecule has 0 atom stereocenters. The Labute approximate surface area is 293 Å². The minimum atomic E-state index is -0.251. The van der Waals surface area contributed by atoms with Crippen molar-refractivity contribution in [2.24, 2.45) is 7.05 Å². The summed E-state index contributed by atoms with van der Waals surface area (Å²) in [5, 5.41) is 10.6. The van der Waals surface area contributed by atoms with E-state index in [0.717, 1.165) is 36.1 Å². The van der Waals surface area contributed by atoms with Crippen LogP contribution in [0.2, 0.25) is 10.0 Å². The molecule has 2 aromatic heterocycles. The Morgan fingerprint density at radius 3 is 2.34 bits per heavy atom. The van der Waals surface area contributed by atoms with Crippen LogP contribution in [0.3, 0.4) is 0 Å². The number of anilines is 1. The van der Waals surface area contributed by atoms with Crippen molar-refractivity contribution >= 4 is 68.6 Å². The van der Waals surface area contributed by atoms with Crippen LogP contribution in [0.1, 0.15) is 32.0 Å². The maximum atomic E-state index is 13.5. The van der Waals surface area contributed by atoms with E-state index >= 15 is 0 Å². The monoisotopic (exact) mass is 732 g/mol. The maximum absolute atomic E-state index is 13.5. The van der Waals surface area contributed by atoms with Crippen LogP contribution in [0.4, 0.5) is 5.69 Å². The first-order valence-electron chi connectivity index (χ1n) is 14.7. The molecule has 12 heteroatoms. The van der Waals surface area contributed by atoms with Gasteiger partial charge in [-0.05, 0) is 66.2 Å². The van der Waals surface area contributed by atoms with Gasteiger partial charge in [0.1, 0.15) is 11.4 Å². The van der Waals surface area contributed by atoms with Crippen molar-refractivity contribution in [2.45, 2.75) is 6.54 Å². The Morgan fingerprint density at radius 2 is 1.68 bits per heavy atom. The fourth-order valence-electron chi connectivity index (χ4n) is 5.50. The molecule has 5 aromatic rings. The van der Waals surface area contributed by atoms with Crippen molar-refractivity contribution < 1.29 is 14.3 Å². The van der Waals surface area contributed by atoms with Crippen molar-refractivity contribution in [3.63, 3.8) is 0 Å². The lowest BCUT2D eigenvalue weighted by Gasteiger charge is -2.34. The summed E-state index contributed by atoms with van der Waals surface area (Å²) in [6.45, 7) is 3.62. The first kappa shape index (κ1) is 33.9. The zero-order valence-electron chi connectivity index (χ0n) is 25.7. The van der Waals surface area contributed by atoms with E-state index < -0.39 is 0 Å². The van der Waals surface area contributed by atoms with Gasteiger partial charge in [-0.3, -0.25) is 14.5 Å². The van der Waals surface area contributed by atoms with E-state index in [1.54, 1.807) is 37.5 Å². The van der Waals surface area contributed by atoms with Crippen molar-refractivity contribution in [3.05, 3.63) is 117 Å². The molecule has 3 heterocycles. The molecule has 1 saturated heterocycles. The van der Waals surface area contributed by atoms with Gasteiger partial charge in [-0.15, -0.1) is 17.0 Å². The molecule has 6 rings (SSSR count). The van der Waals surface area contributed by atoms with Gasteiger partial charge in [-0.1, -0.05) is 35.3 Å². The van der Waals surface area contributed by atoms with Crippen molar-refractivity contribution in [1.29, 1.82) is 5.26 Å². The van der Waals surface area contributed by atoms with Gasteiger partial charge in [0, 0.05) is 69.4 Å². The number of ether oxygens (including phenoxy) is 1. The topological polar surface area (TPSA) is 94.7 Å². The van der Waals surface area contributed by atoms with Crippen LogP contribution >= 0.6 is 40.2 Å². The Hall–Kier alpha value is -4.40. The predicted octanol–water partition coefficient (Wildman–Crippen LogP) is 7.36. The first-order chi connectivity index (χ1) is 22.2. The third kappa shape index (κ3) is 7.45. The van der Waals surface area contributed by atoms with E-state index in [1.807, 2.05) is 65.0 Å². The van der Waals surface area contributed by atoms with Gasteiger partial charge in [-0.2, -0.15) is 5.26 Å². The summed E-state index contributed by atoms with van der Waals surface area (Å²) in [6, 6.07) is 25.5. The second kappa shape index (κ2) is 14.6. The molecule has 9 nitrogen and oxygen atoms in total. The molecule has 240 valence electrons. The van der Waals surface area contributed by atoms with Crippen molar-refractivity contribution in [3.8, 4) is 17.7 Å². The van der Waals surface area contributed by atoms with Crippen LogP contribution in [0.5, 0.6) is 11.6 Å². The fourth-order valence-corrected chi connectivity index (χ4v) is 5.80. The van der Waals surface area contributed by atoms with Crippen LogP contribution in [-0.4, -0.2) is 64.4 Å². The van der Waals surface area contributed by atoms with Crippen LogP contribution in [0.15, 0.2) is 85.1 Å². The molecule has 0 saturated carbocycles. The molecule has 3 aromatic carbocycles. The number of nitriles is 1. The standard InChI is InChI=1S/C35H30Cl2N6O3.BrH/c1-40(34(44)25-7-10-29(36)30(37)18-25)27-8-12-33(39-21-27)46-28-9-11-31-26(17-28)19-32(41(31)2)35(45)43-15-13-42(14-16-43)22-24-5-3-23(20-38)4-6-24;/h3-12,17-19,21H,13-16,22H2,1-2H3;1H. The van der Waals surface area contributed by atoms with Gasteiger partial charge < -0.3 is 19.1 Å². The van der Waals surface area contributed by atoms with E-state index in [0.29, 0.717) is 57.3 Å². The van der Waals surface area contributed by atoms with Gasteiger partial charge in [0.05, 0.1) is 33.6 Å². The SMILES string of the molecule is Br.CN(C(=O)c1ccc(Cl)c(Cl)c1)c1ccc(Oc2ccc3c(c2)cc(C(=O)N2CCN(Cc4ccc(C#N)cc4)CC2)n3C)nc1. The first-order valence-corrected chi connectivity index (χ1v) is 15.4. The molecule has 2 amide bonds. The highest BCUT2D eigenvalue weighted by Crippen LogP contribution is 2.29. The number of carbonyl (C=O) groups is 2. The Morgan fingerprint density at radius 1 is 0.936 bits per heavy atom. The molecule has 0 aliphatic carbocycles. The Bertz CT molecular complexity index is 1970. The van der Waals surface area contributed by atoms with E-state index in [9.17, 15) is 9.59 Å². The quantitative estimate of drug-likeness (QED) is 0.174. The third-order valence-electron chi connectivity index (χ3n) is 8.18. The Balaban J connectivity index is 0.00000433. The number of carbonyl (C=O) groups excluding carboxylic acids is 2. The number of pyridine rings is 1. The third-order valence-corrected chi connectivity index (χ3v) is 8.92. The summed E-state index contributed by atoms with van der Waals surface area (Å²) in [7, 11) is 3.55. The number of aryl methyl sites for hydroxylation is 1. The smallest absolute Gasteiger partial charge is 0.270 e. The predicted molar refractivity (Wildman–Crippen MR) is 189 cm³/mol. The number of aromatic nitrogens is 2. The van der Waals surface area contributed by atoms with E-state index in [1.165, 1.54) is 11.0 Å². The number of hydrogen-bond acceptors (Lipinski definition) is 6. The van der Waals surface area contributed by atoms with E-state index in [2.05, 4.69) is 16.0 Å². The molecule has 1 aliphatic heterocycles. The van der Waals surface area contributed by atoms with Crippen molar-refractivity contribution in [1.82, 2.24) is 19.4 Å². The van der Waals surface area contributed by atoms with Gasteiger partial charge in [0.15, 0.2) is 0 Å². The highest BCUT2D eigenvalue weighted by molar-refractivity contribution is 8.93. The molecular weight excluding hydrogens is 703 g/mol. The molecule has 0 bridgehead atoms. The summed E-state index contributed by atoms with van der Waals surface area (Å²) < 4.78 is 7.94. The minimum Gasteiger partial charge on any atom is -0.439 e. The maximum Gasteiger partial charge on any atom is 0.270 e. The number of rotatable bonds is 7. The lowest BCUT2D eigenvalue weighted by Crippen LogP contribution is -2.48. The molecule has 0 radical (unpaired) electrons. The van der Waals surface area contributed by atoms with Gasteiger partial charge in [-0.25, -0.2) is 4.98 Å². The van der Waals surface area contributed by atoms with Crippen LogP contribution in [-0.2, 0) is 13.6 Å². The second-order valence-electron chi connectivity index (χ2n) is 11.1. The molecule has 0 spiro atoms. The van der Waals surface area contributed by atoms with Gasteiger partial charge in [0.25, 0.3) is 11.8 Å². The average Bonchev–Trinajstić information content (AvgIpc) is 3.41. The summed E-state index contributed by atoms with van der Waals surface area (Å²) in [6.07, 6.45) is 1.56. The summed E-state index contributed by atoms with van der Waals surface area (Å²) >= 11 is 12.1. The van der Waals surface area contributed by atoms with Crippen LogP contribution < -0.4 is 9.64 Å². The summed E-state index contributed by atoms with van der Waals surface area (Å²) in [4.78, 5) is 36.5. The number of fused-ring (bicyclic) bond motifs is 1. The number of piperazine rings is 1. The fraction of sp³-hybridized carbons (Fsp3) is 0.200. The number of nitrogens with zero attached hydrogens (tertiary/aromatic N) is 6. The lowest BCUT2D eigenvalue weighted by molar-refractivity contribution is 0.0619. The number of amides is 2. The number of halogens is 3. The number of hydrogen-bond donors (Lipinski definition) is 0. The van der Waals surface area contributed by atoms with Crippen LogP contribution in [0.25, 0.3) is 10.9 Å². The highest BCUT2D eigenvalue weighted by Gasteiger charge is 2.25. The zero-order chi connectivity index (χ0) is 32.4. The van der Waals surface area contributed by atoms with Gasteiger partial charge in [0.2, 0.25) is 5.88 Å². The summed E-state index contributed by atoms with van der Waals surface area (Å²) in [5.41, 5.74) is 4.33. The average molecular weight is 734 g/mol. The van der Waals surface area contributed by atoms with Crippen molar-refractivity contribution in [2.75, 3.05) is 38.1 Å². The normalized spacial score (nSPS) is 13.1. The number of benzene rings is 3. The van der Waals surface area contributed by atoms with E-state index in [4.69, 9.17) is 33.2 Å². The Kier molecular flexibility index (Phi) is 10.5. The van der Waals surface area contributed by atoms with Gasteiger partial charge >= 0.3 is 0 Å². The second-order valence-corrected chi connectivity index (χ2v) is 12.0. The van der Waals surface area contributed by atoms with E-state index in [-0.39, 0.29) is 28.8 Å². The minimum absolute atomic E-state index is 0. The molecule has 0 unspecified atom stereocenters. The molecule has 1 aliphatic rings. The molecule has 47 heavy (non-hydrogen) atoms. The molecule has 1 fully saturated rings. The summed E-state index contributed by atoms with van der Waals surface area (Å²) in [5.74, 6) is 0.688. The molecule has 0 N–H and O–H groups in total.